The highest BCUT2D eigenvalue weighted by Gasteiger charge is 2.35. The van der Waals surface area contributed by atoms with E-state index in [1.807, 2.05) is 13.5 Å². The Morgan fingerprint density at radius 2 is 0.885 bits per heavy atom. The highest BCUT2D eigenvalue weighted by molar-refractivity contribution is 6.60. The number of rotatable bonds is 16. The molecule has 0 atom stereocenters. The molecule has 0 amide bonds. The van der Waals surface area contributed by atoms with Gasteiger partial charge in [0.1, 0.15) is 0 Å². The lowest BCUT2D eigenvalue weighted by molar-refractivity contribution is 0.0628. The Labute approximate surface area is 164 Å². The first kappa shape index (κ1) is 28.4. The fourth-order valence-corrected chi connectivity index (χ4v) is 5.18. The van der Waals surface area contributed by atoms with E-state index in [0.29, 0.717) is 0 Å². The van der Waals surface area contributed by atoms with E-state index < -0.39 is 17.6 Å². The topological polar surface area (TPSA) is 55.4 Å². The summed E-state index contributed by atoms with van der Waals surface area (Å²) in [7, 11) is 0.289. The minimum absolute atomic E-state index is 0.761. The first-order chi connectivity index (χ1) is 12.4. The van der Waals surface area contributed by atoms with Crippen molar-refractivity contribution in [2.75, 3.05) is 41.2 Å². The van der Waals surface area contributed by atoms with Crippen molar-refractivity contribution in [3.8, 4) is 0 Å². The van der Waals surface area contributed by atoms with Gasteiger partial charge in [0, 0.05) is 53.7 Å². The SMILES string of the molecule is CCCCO[Si](C)(OCCCC)OCCCC.CC[Si](OC)(OC)OC. The fraction of sp³-hybridized carbons (Fsp3) is 1.00. The summed E-state index contributed by atoms with van der Waals surface area (Å²) in [5.41, 5.74) is 0. The van der Waals surface area contributed by atoms with Crippen LogP contribution in [0.25, 0.3) is 0 Å². The second-order valence-electron chi connectivity index (χ2n) is 6.12. The molecule has 0 fully saturated rings. The fourth-order valence-electron chi connectivity index (χ4n) is 2.01. The molecular formula is C18H44O6Si2. The third kappa shape index (κ3) is 14.3. The van der Waals surface area contributed by atoms with Gasteiger partial charge in [-0.1, -0.05) is 47.0 Å². The molecule has 0 radical (unpaired) electrons. The van der Waals surface area contributed by atoms with Crippen LogP contribution < -0.4 is 0 Å². The lowest BCUT2D eigenvalue weighted by Gasteiger charge is -2.26. The summed E-state index contributed by atoms with van der Waals surface area (Å²) in [5.74, 6) is 0. The lowest BCUT2D eigenvalue weighted by Crippen LogP contribution is -2.43. The van der Waals surface area contributed by atoms with E-state index in [4.69, 9.17) is 26.6 Å². The van der Waals surface area contributed by atoms with E-state index in [-0.39, 0.29) is 0 Å². The molecular weight excluding hydrogens is 368 g/mol. The van der Waals surface area contributed by atoms with Crippen LogP contribution >= 0.6 is 0 Å². The predicted octanol–water partition coefficient (Wildman–Crippen LogP) is 4.89. The van der Waals surface area contributed by atoms with Gasteiger partial charge in [-0.05, 0) is 19.3 Å². The molecule has 0 N–H and O–H groups in total. The van der Waals surface area contributed by atoms with E-state index in [0.717, 1.165) is 64.4 Å². The molecule has 0 aliphatic heterocycles. The molecule has 26 heavy (non-hydrogen) atoms. The van der Waals surface area contributed by atoms with Gasteiger partial charge in [0.05, 0.1) is 0 Å². The maximum absolute atomic E-state index is 5.86. The van der Waals surface area contributed by atoms with Gasteiger partial charge in [-0.2, -0.15) is 0 Å². The van der Waals surface area contributed by atoms with E-state index in [9.17, 15) is 0 Å². The van der Waals surface area contributed by atoms with Crippen LogP contribution in [0.4, 0.5) is 0 Å². The van der Waals surface area contributed by atoms with Crippen LogP contribution in [0, 0.1) is 0 Å². The molecule has 0 spiro atoms. The molecule has 0 aromatic heterocycles. The minimum atomic E-state index is -2.36. The number of hydrogen-bond acceptors (Lipinski definition) is 6. The Morgan fingerprint density at radius 3 is 1.04 bits per heavy atom. The van der Waals surface area contributed by atoms with Gasteiger partial charge < -0.3 is 26.6 Å². The predicted molar refractivity (Wildman–Crippen MR) is 111 cm³/mol. The Bertz CT molecular complexity index is 247. The van der Waals surface area contributed by atoms with Gasteiger partial charge in [0.15, 0.2) is 0 Å². The lowest BCUT2D eigenvalue weighted by atomic mass is 10.4. The van der Waals surface area contributed by atoms with Crippen molar-refractivity contribution in [2.45, 2.75) is 78.8 Å². The molecule has 0 saturated carbocycles. The number of hydrogen-bond donors (Lipinski definition) is 0. The molecule has 0 aromatic rings. The molecule has 0 aliphatic carbocycles. The second kappa shape index (κ2) is 18.6. The Morgan fingerprint density at radius 1 is 0.577 bits per heavy atom. The Kier molecular flexibility index (Phi) is 20.3. The van der Waals surface area contributed by atoms with Gasteiger partial charge in [0.2, 0.25) is 0 Å². The van der Waals surface area contributed by atoms with Crippen LogP contribution in [0.15, 0.2) is 0 Å². The largest absolute Gasteiger partial charge is 0.499 e. The second-order valence-corrected chi connectivity index (χ2v) is 12.0. The minimum Gasteiger partial charge on any atom is -0.377 e. The van der Waals surface area contributed by atoms with Gasteiger partial charge >= 0.3 is 17.6 Å². The molecule has 0 rings (SSSR count). The van der Waals surface area contributed by atoms with Gasteiger partial charge in [-0.25, -0.2) is 0 Å². The average Bonchev–Trinajstić information content (AvgIpc) is 2.65. The van der Waals surface area contributed by atoms with Crippen molar-refractivity contribution in [3.63, 3.8) is 0 Å². The van der Waals surface area contributed by atoms with E-state index in [1.54, 1.807) is 21.3 Å². The molecule has 6 nitrogen and oxygen atoms in total. The van der Waals surface area contributed by atoms with Crippen molar-refractivity contribution in [3.05, 3.63) is 0 Å². The summed E-state index contributed by atoms with van der Waals surface area (Å²) in [6.07, 6.45) is 6.68. The van der Waals surface area contributed by atoms with E-state index in [1.165, 1.54) is 0 Å². The molecule has 0 aromatic carbocycles. The molecule has 0 bridgehead atoms. The average molecular weight is 413 g/mol. The summed E-state index contributed by atoms with van der Waals surface area (Å²) < 4.78 is 32.8. The van der Waals surface area contributed by atoms with Gasteiger partial charge in [-0.3, -0.25) is 0 Å². The normalized spacial score (nSPS) is 12.0. The van der Waals surface area contributed by atoms with Gasteiger partial charge in [0.25, 0.3) is 0 Å². The summed E-state index contributed by atoms with van der Waals surface area (Å²) in [6.45, 7) is 12.8. The van der Waals surface area contributed by atoms with Crippen molar-refractivity contribution in [1.82, 2.24) is 0 Å². The summed E-state index contributed by atoms with van der Waals surface area (Å²) in [5, 5.41) is 0. The molecule has 8 heteroatoms. The third-order valence-corrected chi connectivity index (χ3v) is 8.87. The van der Waals surface area contributed by atoms with E-state index >= 15 is 0 Å². The zero-order valence-electron chi connectivity index (χ0n) is 18.5. The quantitative estimate of drug-likeness (QED) is 0.266. The standard InChI is InChI=1S/C13H30O3Si.C5H14O3Si/c1-5-8-11-14-17(4,15-12-9-6-2)16-13-10-7-3;1-5-9(6-2,7-3)8-4/h5-13H2,1-4H3;5H2,1-4H3. The van der Waals surface area contributed by atoms with Crippen LogP contribution in [-0.2, 0) is 26.6 Å². The molecule has 0 saturated heterocycles. The first-order valence-corrected chi connectivity index (χ1v) is 14.2. The molecule has 160 valence electrons. The van der Waals surface area contributed by atoms with Crippen LogP contribution in [0.2, 0.25) is 12.6 Å². The maximum Gasteiger partial charge on any atom is 0.499 e. The molecule has 0 unspecified atom stereocenters. The van der Waals surface area contributed by atoms with Gasteiger partial charge in [-0.15, -0.1) is 0 Å². The number of unbranched alkanes of at least 4 members (excludes halogenated alkanes) is 3. The Balaban J connectivity index is 0. The maximum atomic E-state index is 5.86. The zero-order chi connectivity index (χ0) is 20.3. The Hall–Kier alpha value is 0.194. The van der Waals surface area contributed by atoms with Crippen LogP contribution in [0.5, 0.6) is 0 Å². The van der Waals surface area contributed by atoms with Crippen molar-refractivity contribution < 1.29 is 26.6 Å². The highest BCUT2D eigenvalue weighted by Crippen LogP contribution is 2.12. The molecule has 0 aliphatic rings. The summed E-state index contributed by atoms with van der Waals surface area (Å²) >= 11 is 0. The summed E-state index contributed by atoms with van der Waals surface area (Å²) in [4.78, 5) is 0. The van der Waals surface area contributed by atoms with Crippen LogP contribution in [0.1, 0.15) is 66.2 Å². The molecule has 0 heterocycles. The first-order valence-electron chi connectivity index (χ1n) is 10.00. The third-order valence-electron chi connectivity index (χ3n) is 3.95. The summed E-state index contributed by atoms with van der Waals surface area (Å²) in [6, 6.07) is 0.816. The highest BCUT2D eigenvalue weighted by atomic mass is 28.4. The zero-order valence-corrected chi connectivity index (χ0v) is 20.5. The van der Waals surface area contributed by atoms with Crippen LogP contribution in [0.3, 0.4) is 0 Å². The van der Waals surface area contributed by atoms with Crippen LogP contribution in [-0.4, -0.2) is 58.8 Å². The monoisotopic (exact) mass is 412 g/mol. The van der Waals surface area contributed by atoms with Crippen molar-refractivity contribution >= 4 is 17.6 Å². The smallest absolute Gasteiger partial charge is 0.377 e. The van der Waals surface area contributed by atoms with Crippen molar-refractivity contribution in [2.24, 2.45) is 0 Å². The van der Waals surface area contributed by atoms with Crippen molar-refractivity contribution in [1.29, 1.82) is 0 Å². The van der Waals surface area contributed by atoms with E-state index in [2.05, 4.69) is 20.8 Å².